The summed E-state index contributed by atoms with van der Waals surface area (Å²) in [5, 5.41) is 2.83. The van der Waals surface area contributed by atoms with E-state index in [0.717, 1.165) is 11.8 Å². The number of nitrogens with zero attached hydrogens (tertiary/aromatic N) is 1. The Balaban J connectivity index is 2.81. The predicted octanol–water partition coefficient (Wildman–Crippen LogP) is 2.11. The van der Waals surface area contributed by atoms with Gasteiger partial charge >= 0.3 is 0 Å². The summed E-state index contributed by atoms with van der Waals surface area (Å²) in [5.74, 6) is -1.06. The van der Waals surface area contributed by atoms with E-state index in [1.54, 1.807) is 11.8 Å². The molecule has 1 aromatic rings. The van der Waals surface area contributed by atoms with Crippen LogP contribution in [0, 0.1) is 11.6 Å². The van der Waals surface area contributed by atoms with Crippen LogP contribution < -0.4 is 11.1 Å². The van der Waals surface area contributed by atoms with Crippen molar-refractivity contribution in [2.45, 2.75) is 13.0 Å². The molecule has 0 bridgehead atoms. The van der Waals surface area contributed by atoms with E-state index in [4.69, 9.17) is 5.73 Å². The zero-order chi connectivity index (χ0) is 11.4. The summed E-state index contributed by atoms with van der Waals surface area (Å²) >= 11 is 1.62. The van der Waals surface area contributed by atoms with Crippen molar-refractivity contribution in [1.82, 2.24) is 4.98 Å². The minimum atomic E-state index is -0.837. The van der Waals surface area contributed by atoms with Gasteiger partial charge in [0.1, 0.15) is 0 Å². The molecule has 6 heteroatoms. The Morgan fingerprint density at radius 2 is 2.20 bits per heavy atom. The van der Waals surface area contributed by atoms with Gasteiger partial charge in [0.15, 0.2) is 23.3 Å². The van der Waals surface area contributed by atoms with Crippen molar-refractivity contribution in [2.24, 2.45) is 0 Å². The van der Waals surface area contributed by atoms with Gasteiger partial charge in [-0.15, -0.1) is 0 Å². The molecule has 0 aromatic carbocycles. The molecule has 84 valence electrons. The highest BCUT2D eigenvalue weighted by Crippen LogP contribution is 2.17. The molecule has 1 rings (SSSR count). The van der Waals surface area contributed by atoms with Gasteiger partial charge in [-0.3, -0.25) is 0 Å². The van der Waals surface area contributed by atoms with Crippen LogP contribution in [0.3, 0.4) is 0 Å². The number of nitrogens with one attached hydrogen (secondary N) is 1. The van der Waals surface area contributed by atoms with Gasteiger partial charge in [0.25, 0.3) is 0 Å². The molecule has 0 aliphatic carbocycles. The Hall–Kier alpha value is -1.04. The van der Waals surface area contributed by atoms with E-state index < -0.39 is 11.6 Å². The molecule has 0 fully saturated rings. The van der Waals surface area contributed by atoms with Crippen LogP contribution >= 0.6 is 11.8 Å². The highest BCUT2D eigenvalue weighted by Gasteiger charge is 2.11. The summed E-state index contributed by atoms with van der Waals surface area (Å²) in [7, 11) is 0. The van der Waals surface area contributed by atoms with Gasteiger partial charge in [-0.2, -0.15) is 11.8 Å². The van der Waals surface area contributed by atoms with Gasteiger partial charge in [-0.1, -0.05) is 0 Å². The van der Waals surface area contributed by atoms with Crippen molar-refractivity contribution in [3.8, 4) is 0 Å². The molecule has 0 saturated carbocycles. The van der Waals surface area contributed by atoms with Crippen LogP contribution in [0.2, 0.25) is 0 Å². The third kappa shape index (κ3) is 3.23. The standard InChI is InChI=1S/C9H13F2N3S/c1-5(4-15-2)13-9-7(11)3-6(10)8(12)14-9/h3,5H,4H2,1-2H3,(H3,12,13,14). The third-order valence-electron chi connectivity index (χ3n) is 1.76. The van der Waals surface area contributed by atoms with Crippen LogP contribution in [0.5, 0.6) is 0 Å². The molecular weight excluding hydrogens is 220 g/mol. The van der Waals surface area contributed by atoms with Crippen LogP contribution in [0.25, 0.3) is 0 Å². The molecule has 1 unspecified atom stereocenters. The van der Waals surface area contributed by atoms with E-state index in [9.17, 15) is 8.78 Å². The number of halogens is 2. The highest BCUT2D eigenvalue weighted by atomic mass is 32.2. The van der Waals surface area contributed by atoms with E-state index in [1.807, 2.05) is 13.2 Å². The van der Waals surface area contributed by atoms with Crippen LogP contribution in [-0.2, 0) is 0 Å². The summed E-state index contributed by atoms with van der Waals surface area (Å²) in [4.78, 5) is 3.60. The highest BCUT2D eigenvalue weighted by molar-refractivity contribution is 7.98. The number of pyridine rings is 1. The first-order chi connectivity index (χ1) is 7.04. The van der Waals surface area contributed by atoms with E-state index in [1.165, 1.54) is 0 Å². The first kappa shape index (κ1) is 12.0. The summed E-state index contributed by atoms with van der Waals surface area (Å²) < 4.78 is 26.0. The first-order valence-electron chi connectivity index (χ1n) is 4.41. The molecule has 15 heavy (non-hydrogen) atoms. The topological polar surface area (TPSA) is 50.9 Å². The van der Waals surface area contributed by atoms with Gasteiger partial charge < -0.3 is 11.1 Å². The fraction of sp³-hybridized carbons (Fsp3) is 0.444. The summed E-state index contributed by atoms with van der Waals surface area (Å²) in [6, 6.07) is 0.781. The van der Waals surface area contributed by atoms with Crippen molar-refractivity contribution < 1.29 is 8.78 Å². The lowest BCUT2D eigenvalue weighted by Crippen LogP contribution is -2.20. The predicted molar refractivity (Wildman–Crippen MR) is 60.0 cm³/mol. The number of aromatic nitrogens is 1. The van der Waals surface area contributed by atoms with Crippen LogP contribution in [0.15, 0.2) is 6.07 Å². The quantitative estimate of drug-likeness (QED) is 0.836. The van der Waals surface area contributed by atoms with Crippen molar-refractivity contribution in [3.63, 3.8) is 0 Å². The second-order valence-electron chi connectivity index (χ2n) is 3.19. The smallest absolute Gasteiger partial charge is 0.168 e. The molecule has 1 heterocycles. The average Bonchev–Trinajstić information content (AvgIpc) is 2.14. The van der Waals surface area contributed by atoms with Gasteiger partial charge in [0.2, 0.25) is 0 Å². The first-order valence-corrected chi connectivity index (χ1v) is 5.81. The molecular formula is C9H13F2N3S. The lowest BCUT2D eigenvalue weighted by atomic mass is 10.3. The fourth-order valence-corrected chi connectivity index (χ4v) is 1.69. The minimum Gasteiger partial charge on any atom is -0.381 e. The molecule has 0 aliphatic rings. The van der Waals surface area contributed by atoms with Crippen LogP contribution in [-0.4, -0.2) is 23.0 Å². The lowest BCUT2D eigenvalue weighted by molar-refractivity contribution is 0.578. The summed E-state index contributed by atoms with van der Waals surface area (Å²) in [5.41, 5.74) is 5.24. The fourth-order valence-electron chi connectivity index (χ4n) is 1.11. The molecule has 3 nitrogen and oxygen atoms in total. The number of nitrogens with two attached hydrogens (primary N) is 1. The van der Waals surface area contributed by atoms with E-state index in [2.05, 4.69) is 10.3 Å². The Labute approximate surface area is 91.5 Å². The maximum atomic E-state index is 13.2. The molecule has 1 atom stereocenters. The third-order valence-corrected chi connectivity index (χ3v) is 2.59. The van der Waals surface area contributed by atoms with Gasteiger partial charge in [0.05, 0.1) is 0 Å². The number of hydrogen-bond donors (Lipinski definition) is 2. The molecule has 3 N–H and O–H groups in total. The van der Waals surface area contributed by atoms with Gasteiger partial charge in [-0.05, 0) is 13.2 Å². The maximum absolute atomic E-state index is 13.2. The number of thioether (sulfide) groups is 1. The molecule has 1 aromatic heterocycles. The van der Waals surface area contributed by atoms with E-state index >= 15 is 0 Å². The monoisotopic (exact) mass is 233 g/mol. The minimum absolute atomic E-state index is 0.00421. The zero-order valence-electron chi connectivity index (χ0n) is 8.55. The Bertz CT molecular complexity index is 346. The summed E-state index contributed by atoms with van der Waals surface area (Å²) in [6.07, 6.45) is 1.95. The molecule has 0 saturated heterocycles. The SMILES string of the molecule is CSCC(C)Nc1nc(N)c(F)cc1F. The van der Waals surface area contributed by atoms with Gasteiger partial charge in [0, 0.05) is 17.9 Å². The van der Waals surface area contributed by atoms with Crippen molar-refractivity contribution in [1.29, 1.82) is 0 Å². The Morgan fingerprint density at radius 3 is 2.80 bits per heavy atom. The number of nitrogen functional groups attached to an aromatic ring is 1. The van der Waals surface area contributed by atoms with Crippen LogP contribution in [0.4, 0.5) is 20.4 Å². The normalized spacial score (nSPS) is 12.5. The Morgan fingerprint density at radius 1 is 1.53 bits per heavy atom. The van der Waals surface area contributed by atoms with Gasteiger partial charge in [-0.25, -0.2) is 13.8 Å². The van der Waals surface area contributed by atoms with Crippen molar-refractivity contribution in [2.75, 3.05) is 23.1 Å². The van der Waals surface area contributed by atoms with Crippen LogP contribution in [0.1, 0.15) is 6.92 Å². The molecule has 0 spiro atoms. The van der Waals surface area contributed by atoms with Crippen molar-refractivity contribution >= 4 is 23.4 Å². The average molecular weight is 233 g/mol. The Kier molecular flexibility index (Phi) is 4.14. The molecule has 0 radical (unpaired) electrons. The number of hydrogen-bond acceptors (Lipinski definition) is 4. The number of rotatable bonds is 4. The lowest BCUT2D eigenvalue weighted by Gasteiger charge is -2.14. The second kappa shape index (κ2) is 5.16. The second-order valence-corrected chi connectivity index (χ2v) is 4.10. The summed E-state index contributed by atoms with van der Waals surface area (Å²) in [6.45, 7) is 1.89. The largest absolute Gasteiger partial charge is 0.381 e. The number of anilines is 2. The van der Waals surface area contributed by atoms with Crippen molar-refractivity contribution in [3.05, 3.63) is 17.7 Å². The van der Waals surface area contributed by atoms with E-state index in [0.29, 0.717) is 0 Å². The maximum Gasteiger partial charge on any atom is 0.168 e. The zero-order valence-corrected chi connectivity index (χ0v) is 9.37. The van der Waals surface area contributed by atoms with E-state index in [-0.39, 0.29) is 17.7 Å². The molecule has 0 aliphatic heterocycles. The molecule has 0 amide bonds.